The lowest BCUT2D eigenvalue weighted by molar-refractivity contribution is 0.0980. The first-order chi connectivity index (χ1) is 9.72. The molecule has 0 radical (unpaired) electrons. The number of nitrogens with one attached hydrogen (secondary N) is 1. The van der Waals surface area contributed by atoms with Crippen LogP contribution in [-0.2, 0) is 6.54 Å². The Morgan fingerprint density at radius 1 is 1.15 bits per heavy atom. The molecule has 20 heavy (non-hydrogen) atoms. The van der Waals surface area contributed by atoms with Crippen molar-refractivity contribution in [2.45, 2.75) is 32.9 Å². The van der Waals surface area contributed by atoms with E-state index in [0.29, 0.717) is 0 Å². The highest BCUT2D eigenvalue weighted by Crippen LogP contribution is 2.16. The minimum atomic E-state index is 0.790. The molecule has 3 nitrogen and oxygen atoms in total. The summed E-state index contributed by atoms with van der Waals surface area (Å²) in [5.41, 5.74) is 4.31. The lowest BCUT2D eigenvalue weighted by Crippen LogP contribution is -2.50. The van der Waals surface area contributed by atoms with E-state index in [1.54, 1.807) is 0 Å². The number of aryl methyl sites for hydroxylation is 2. The van der Waals surface area contributed by atoms with Crippen molar-refractivity contribution in [1.82, 2.24) is 15.1 Å². The summed E-state index contributed by atoms with van der Waals surface area (Å²) in [6.07, 6.45) is 1.33. The molecule has 2 heterocycles. The van der Waals surface area contributed by atoms with E-state index in [0.717, 1.165) is 12.6 Å². The van der Waals surface area contributed by atoms with Gasteiger partial charge in [-0.3, -0.25) is 9.80 Å². The van der Waals surface area contributed by atoms with Gasteiger partial charge in [0.25, 0.3) is 0 Å². The van der Waals surface area contributed by atoms with Crippen molar-refractivity contribution in [3.8, 4) is 0 Å². The molecule has 110 valence electrons. The Labute approximate surface area is 123 Å². The highest BCUT2D eigenvalue weighted by Gasteiger charge is 2.25. The highest BCUT2D eigenvalue weighted by molar-refractivity contribution is 5.30. The highest BCUT2D eigenvalue weighted by atomic mass is 15.3. The average molecular weight is 273 g/mol. The van der Waals surface area contributed by atoms with Gasteiger partial charge < -0.3 is 5.32 Å². The molecule has 2 aliphatic heterocycles. The molecule has 2 fully saturated rings. The van der Waals surface area contributed by atoms with Crippen LogP contribution >= 0.6 is 0 Å². The van der Waals surface area contributed by atoms with Gasteiger partial charge in [0.2, 0.25) is 0 Å². The SMILES string of the molecule is Cc1ccc(C)c(CN2CCN(C3CCNC3)CC2)c1. The van der Waals surface area contributed by atoms with Crippen LogP contribution in [0.5, 0.6) is 0 Å². The molecule has 1 aromatic rings. The van der Waals surface area contributed by atoms with Gasteiger partial charge in [-0.25, -0.2) is 0 Å². The normalized spacial score (nSPS) is 25.2. The molecule has 1 N–H and O–H groups in total. The maximum atomic E-state index is 3.48. The molecular weight excluding hydrogens is 246 g/mol. The molecule has 0 saturated carbocycles. The second-order valence-electron chi connectivity index (χ2n) is 6.39. The number of piperazine rings is 1. The third-order valence-corrected chi connectivity index (χ3v) is 4.86. The summed E-state index contributed by atoms with van der Waals surface area (Å²) >= 11 is 0. The predicted octanol–water partition coefficient (Wildman–Crippen LogP) is 1.78. The molecule has 2 aliphatic rings. The molecular formula is C17H27N3. The van der Waals surface area contributed by atoms with Gasteiger partial charge in [-0.15, -0.1) is 0 Å². The van der Waals surface area contributed by atoms with E-state index in [9.17, 15) is 0 Å². The summed E-state index contributed by atoms with van der Waals surface area (Å²) < 4.78 is 0. The van der Waals surface area contributed by atoms with E-state index in [2.05, 4.69) is 47.2 Å². The van der Waals surface area contributed by atoms with Crippen molar-refractivity contribution in [3.05, 3.63) is 34.9 Å². The first-order valence-corrected chi connectivity index (χ1v) is 7.95. The van der Waals surface area contributed by atoms with Crippen molar-refractivity contribution < 1.29 is 0 Å². The molecule has 2 saturated heterocycles. The number of rotatable bonds is 3. The zero-order valence-corrected chi connectivity index (χ0v) is 12.9. The van der Waals surface area contributed by atoms with Gasteiger partial charge in [0.15, 0.2) is 0 Å². The van der Waals surface area contributed by atoms with Crippen LogP contribution < -0.4 is 5.32 Å². The van der Waals surface area contributed by atoms with E-state index >= 15 is 0 Å². The predicted molar refractivity (Wildman–Crippen MR) is 84.0 cm³/mol. The number of hydrogen-bond acceptors (Lipinski definition) is 3. The van der Waals surface area contributed by atoms with Crippen LogP contribution in [0.1, 0.15) is 23.1 Å². The minimum absolute atomic E-state index is 0.790. The standard InChI is InChI=1S/C17H27N3/c1-14-3-4-15(2)16(11-14)13-19-7-9-20(10-8-19)17-5-6-18-12-17/h3-4,11,17-18H,5-10,12-13H2,1-2H3. The maximum Gasteiger partial charge on any atom is 0.0237 e. The first-order valence-electron chi connectivity index (χ1n) is 7.95. The molecule has 3 rings (SSSR count). The molecule has 0 aromatic heterocycles. The van der Waals surface area contributed by atoms with Gasteiger partial charge in [-0.1, -0.05) is 23.8 Å². The van der Waals surface area contributed by atoms with Crippen LogP contribution in [0.2, 0.25) is 0 Å². The van der Waals surface area contributed by atoms with Crippen LogP contribution in [0, 0.1) is 13.8 Å². The van der Waals surface area contributed by atoms with E-state index in [4.69, 9.17) is 0 Å². The van der Waals surface area contributed by atoms with Crippen molar-refractivity contribution in [2.24, 2.45) is 0 Å². The summed E-state index contributed by atoms with van der Waals surface area (Å²) in [6.45, 7) is 12.8. The fraction of sp³-hybridized carbons (Fsp3) is 0.647. The van der Waals surface area contributed by atoms with Crippen molar-refractivity contribution in [3.63, 3.8) is 0 Å². The van der Waals surface area contributed by atoms with Crippen molar-refractivity contribution in [1.29, 1.82) is 0 Å². The first kappa shape index (κ1) is 14.1. The van der Waals surface area contributed by atoms with Crippen LogP contribution in [0.4, 0.5) is 0 Å². The summed E-state index contributed by atoms with van der Waals surface area (Å²) in [5, 5.41) is 3.48. The Morgan fingerprint density at radius 2 is 1.95 bits per heavy atom. The summed E-state index contributed by atoms with van der Waals surface area (Å²) in [4.78, 5) is 5.29. The van der Waals surface area contributed by atoms with E-state index in [-0.39, 0.29) is 0 Å². The second-order valence-corrected chi connectivity index (χ2v) is 6.39. The lowest BCUT2D eigenvalue weighted by atomic mass is 10.0. The van der Waals surface area contributed by atoms with Gasteiger partial charge in [0, 0.05) is 45.3 Å². The number of nitrogens with zero attached hydrogens (tertiary/aromatic N) is 2. The van der Waals surface area contributed by atoms with Crippen LogP contribution in [0.3, 0.4) is 0 Å². The van der Waals surface area contributed by atoms with Crippen LogP contribution in [0.15, 0.2) is 18.2 Å². The fourth-order valence-corrected chi connectivity index (χ4v) is 3.45. The summed E-state index contributed by atoms with van der Waals surface area (Å²) in [5.74, 6) is 0. The Hall–Kier alpha value is -0.900. The van der Waals surface area contributed by atoms with E-state index < -0.39 is 0 Å². The van der Waals surface area contributed by atoms with E-state index in [1.807, 2.05) is 0 Å². The summed E-state index contributed by atoms with van der Waals surface area (Å²) in [6, 6.07) is 7.61. The monoisotopic (exact) mass is 273 g/mol. The quantitative estimate of drug-likeness (QED) is 0.906. The van der Waals surface area contributed by atoms with Gasteiger partial charge in [0.05, 0.1) is 0 Å². The molecule has 1 aromatic carbocycles. The zero-order valence-electron chi connectivity index (χ0n) is 12.9. The molecule has 3 heteroatoms. The van der Waals surface area contributed by atoms with E-state index in [1.165, 1.54) is 62.4 Å². The van der Waals surface area contributed by atoms with Crippen LogP contribution in [0.25, 0.3) is 0 Å². The minimum Gasteiger partial charge on any atom is -0.315 e. The summed E-state index contributed by atoms with van der Waals surface area (Å²) in [7, 11) is 0. The fourth-order valence-electron chi connectivity index (χ4n) is 3.45. The third kappa shape index (κ3) is 3.22. The van der Waals surface area contributed by atoms with Crippen LogP contribution in [-0.4, -0.2) is 55.1 Å². The molecule has 0 aliphatic carbocycles. The van der Waals surface area contributed by atoms with Crippen molar-refractivity contribution >= 4 is 0 Å². The topological polar surface area (TPSA) is 18.5 Å². The number of benzene rings is 1. The second kappa shape index (κ2) is 6.25. The Morgan fingerprint density at radius 3 is 2.65 bits per heavy atom. The molecule has 1 unspecified atom stereocenters. The third-order valence-electron chi connectivity index (χ3n) is 4.86. The lowest BCUT2D eigenvalue weighted by Gasteiger charge is -2.38. The largest absolute Gasteiger partial charge is 0.315 e. The van der Waals surface area contributed by atoms with Gasteiger partial charge in [-0.05, 0) is 37.9 Å². The maximum absolute atomic E-state index is 3.48. The molecule has 0 bridgehead atoms. The Bertz CT molecular complexity index is 444. The Kier molecular flexibility index (Phi) is 4.39. The number of hydrogen-bond donors (Lipinski definition) is 1. The average Bonchev–Trinajstić information content (AvgIpc) is 2.98. The van der Waals surface area contributed by atoms with Gasteiger partial charge in [-0.2, -0.15) is 0 Å². The smallest absolute Gasteiger partial charge is 0.0237 e. The Balaban J connectivity index is 1.54. The van der Waals surface area contributed by atoms with Gasteiger partial charge >= 0.3 is 0 Å². The van der Waals surface area contributed by atoms with Crippen molar-refractivity contribution in [2.75, 3.05) is 39.3 Å². The van der Waals surface area contributed by atoms with Gasteiger partial charge in [0.1, 0.15) is 0 Å². The molecule has 1 atom stereocenters. The molecule has 0 amide bonds. The zero-order chi connectivity index (χ0) is 13.9. The molecule has 0 spiro atoms.